The fourth-order valence-corrected chi connectivity index (χ4v) is 1.34. The van der Waals surface area contributed by atoms with Crippen LogP contribution < -0.4 is 0 Å². The van der Waals surface area contributed by atoms with Gasteiger partial charge in [-0.25, -0.2) is 0 Å². The van der Waals surface area contributed by atoms with Crippen molar-refractivity contribution in [3.05, 3.63) is 0 Å². The van der Waals surface area contributed by atoms with Crippen molar-refractivity contribution in [1.82, 2.24) is 0 Å². The molecule has 0 radical (unpaired) electrons. The molecule has 4 nitrogen and oxygen atoms in total. The second-order valence-electron chi connectivity index (χ2n) is 2.90. The molecule has 1 unspecified atom stereocenters. The van der Waals surface area contributed by atoms with Gasteiger partial charge in [-0.05, 0) is 12.8 Å². The van der Waals surface area contributed by atoms with Gasteiger partial charge in [0.1, 0.15) is 0 Å². The Hall–Kier alpha value is -0.310. The van der Waals surface area contributed by atoms with Crippen molar-refractivity contribution in [2.24, 2.45) is 0 Å². The maximum atomic E-state index is 11.8. The quantitative estimate of drug-likeness (QED) is 0.442. The minimum atomic E-state index is -5.82. The predicted octanol–water partition coefficient (Wildman–Crippen LogP) is 2.33. The maximum Gasteiger partial charge on any atom is 0.534 e. The minimum absolute atomic E-state index is 0.0614. The average molecular weight is 327 g/mol. The molecule has 0 spiro atoms. The minimum Gasteiger partial charge on any atom is -0.339 e. The molecule has 0 rings (SSSR count). The molecule has 0 heterocycles. The summed E-state index contributed by atoms with van der Waals surface area (Å²) in [6, 6.07) is 0. The van der Waals surface area contributed by atoms with E-state index < -0.39 is 21.6 Å². The van der Waals surface area contributed by atoms with E-state index in [1.807, 2.05) is 0 Å². The molecule has 0 aliphatic carbocycles. The van der Waals surface area contributed by atoms with Gasteiger partial charge in [0, 0.05) is 11.2 Å². The molecule has 0 aliphatic heterocycles. The van der Waals surface area contributed by atoms with Crippen molar-refractivity contribution >= 4 is 32.0 Å². The topological polar surface area (TPSA) is 60.4 Å². The van der Waals surface area contributed by atoms with Gasteiger partial charge in [-0.1, -0.05) is 22.9 Å². The molecule has 1 atom stereocenters. The number of carbonyl (C=O) groups excluding carboxylic acids is 1. The number of halogens is 4. The third-order valence-corrected chi connectivity index (χ3v) is 3.67. The lowest BCUT2D eigenvalue weighted by Gasteiger charge is -2.09. The number of alkyl halides is 4. The molecule has 0 saturated carbocycles. The Labute approximate surface area is 99.4 Å². The Kier molecular flexibility index (Phi) is 5.74. The van der Waals surface area contributed by atoms with Crippen LogP contribution in [0.15, 0.2) is 0 Å². The van der Waals surface area contributed by atoms with Gasteiger partial charge in [-0.15, -0.1) is 0 Å². The lowest BCUT2D eigenvalue weighted by Crippen LogP contribution is -2.28. The summed E-state index contributed by atoms with van der Waals surface area (Å²) in [5, 5.41) is 0. The Morgan fingerprint density at radius 2 is 1.94 bits per heavy atom. The smallest absolute Gasteiger partial charge is 0.339 e. The maximum absolute atomic E-state index is 11.8. The summed E-state index contributed by atoms with van der Waals surface area (Å²) < 4.78 is 59.5. The van der Waals surface area contributed by atoms with Crippen molar-refractivity contribution < 1.29 is 30.6 Å². The molecule has 0 fully saturated rings. The molecule has 9 heteroatoms. The highest BCUT2D eigenvalue weighted by molar-refractivity contribution is 9.09. The van der Waals surface area contributed by atoms with Gasteiger partial charge in [0.2, 0.25) is 0 Å². The molecular weight excluding hydrogens is 317 g/mol. The second kappa shape index (κ2) is 5.85. The van der Waals surface area contributed by atoms with E-state index in [-0.39, 0.29) is 17.7 Å². The van der Waals surface area contributed by atoms with Crippen molar-refractivity contribution in [3.63, 3.8) is 0 Å². The van der Waals surface area contributed by atoms with Crippen LogP contribution in [0, 0.1) is 0 Å². The van der Waals surface area contributed by atoms with Crippen LogP contribution in [0.25, 0.3) is 0 Å². The van der Waals surface area contributed by atoms with Crippen LogP contribution in [-0.2, 0) is 19.1 Å². The summed E-state index contributed by atoms with van der Waals surface area (Å²) in [7, 11) is -5.82. The molecular formula is C7H10BrF3O4S. The van der Waals surface area contributed by atoms with Gasteiger partial charge < -0.3 is 4.18 Å². The van der Waals surface area contributed by atoms with Crippen LogP contribution in [0.1, 0.15) is 26.2 Å². The average Bonchev–Trinajstić information content (AvgIpc) is 2.11. The van der Waals surface area contributed by atoms with Crippen molar-refractivity contribution in [2.45, 2.75) is 36.5 Å². The van der Waals surface area contributed by atoms with Gasteiger partial charge in [0.25, 0.3) is 0 Å². The van der Waals surface area contributed by atoms with E-state index in [0.717, 1.165) is 0 Å². The van der Waals surface area contributed by atoms with E-state index in [1.165, 1.54) is 0 Å². The Balaban J connectivity index is 4.27. The van der Waals surface area contributed by atoms with E-state index in [9.17, 15) is 26.4 Å². The first-order chi connectivity index (χ1) is 7.10. The summed E-state index contributed by atoms with van der Waals surface area (Å²) in [4.78, 5) is 10.7. The van der Waals surface area contributed by atoms with Gasteiger partial charge in [0.05, 0.1) is 0 Å². The fourth-order valence-electron chi connectivity index (χ4n) is 0.690. The molecule has 0 N–H and O–H groups in total. The Morgan fingerprint density at radius 3 is 2.31 bits per heavy atom. The largest absolute Gasteiger partial charge is 0.534 e. The standard InChI is InChI=1S/C7H10BrF3O4S/c1-2-5(8)3-4-6(12)15-16(13,14)7(9,10)11/h5H,2-4H2,1H3. The summed E-state index contributed by atoms with van der Waals surface area (Å²) in [6.45, 7) is 1.80. The van der Waals surface area contributed by atoms with Gasteiger partial charge >= 0.3 is 21.6 Å². The van der Waals surface area contributed by atoms with E-state index >= 15 is 0 Å². The van der Waals surface area contributed by atoms with E-state index in [0.29, 0.717) is 6.42 Å². The molecule has 0 bridgehead atoms. The first-order valence-corrected chi connectivity index (χ1v) is 6.60. The normalized spacial score (nSPS) is 14.6. The second-order valence-corrected chi connectivity index (χ2v) is 5.73. The van der Waals surface area contributed by atoms with Gasteiger partial charge in [-0.2, -0.15) is 21.6 Å². The van der Waals surface area contributed by atoms with Crippen LogP contribution in [0.4, 0.5) is 13.2 Å². The van der Waals surface area contributed by atoms with Crippen molar-refractivity contribution in [1.29, 1.82) is 0 Å². The molecule has 0 aromatic heterocycles. The van der Waals surface area contributed by atoms with E-state index in [4.69, 9.17) is 0 Å². The number of hydrogen-bond donors (Lipinski definition) is 0. The highest BCUT2D eigenvalue weighted by atomic mass is 79.9. The first kappa shape index (κ1) is 15.7. The summed E-state index contributed by atoms with van der Waals surface area (Å²) in [5.41, 5.74) is -5.57. The van der Waals surface area contributed by atoms with Crippen LogP contribution in [0.5, 0.6) is 0 Å². The third-order valence-electron chi connectivity index (χ3n) is 1.59. The number of hydrogen-bond acceptors (Lipinski definition) is 4. The van der Waals surface area contributed by atoms with Crippen molar-refractivity contribution in [3.8, 4) is 0 Å². The van der Waals surface area contributed by atoms with Crippen LogP contribution >= 0.6 is 15.9 Å². The molecule has 0 amide bonds. The molecule has 0 aromatic rings. The summed E-state index contributed by atoms with van der Waals surface area (Å²) >= 11 is 3.14. The SMILES string of the molecule is CCC(Br)CCC(=O)OS(=O)(=O)C(F)(F)F. The molecule has 0 aliphatic rings. The van der Waals surface area contributed by atoms with E-state index in [2.05, 4.69) is 20.1 Å². The number of carbonyl (C=O) groups is 1. The molecule has 0 saturated heterocycles. The van der Waals surface area contributed by atoms with Crippen molar-refractivity contribution in [2.75, 3.05) is 0 Å². The molecule has 0 aromatic carbocycles. The molecule has 16 heavy (non-hydrogen) atoms. The van der Waals surface area contributed by atoms with Crippen LogP contribution in [0.3, 0.4) is 0 Å². The van der Waals surface area contributed by atoms with Crippen LogP contribution in [-0.4, -0.2) is 24.7 Å². The zero-order valence-electron chi connectivity index (χ0n) is 8.25. The third kappa shape index (κ3) is 5.15. The van der Waals surface area contributed by atoms with Gasteiger partial charge in [-0.3, -0.25) is 4.79 Å². The fraction of sp³-hybridized carbons (Fsp3) is 0.857. The Morgan fingerprint density at radius 1 is 1.44 bits per heavy atom. The van der Waals surface area contributed by atoms with Crippen LogP contribution in [0.2, 0.25) is 0 Å². The zero-order valence-corrected chi connectivity index (χ0v) is 10.7. The highest BCUT2D eigenvalue weighted by Gasteiger charge is 2.49. The number of rotatable bonds is 5. The highest BCUT2D eigenvalue weighted by Crippen LogP contribution is 2.25. The summed E-state index contributed by atoms with van der Waals surface area (Å²) in [5.74, 6) is -1.41. The monoisotopic (exact) mass is 326 g/mol. The molecule has 96 valence electrons. The lowest BCUT2D eigenvalue weighted by atomic mass is 10.2. The zero-order chi connectivity index (χ0) is 13.0. The predicted molar refractivity (Wildman–Crippen MR) is 53.3 cm³/mol. The first-order valence-electron chi connectivity index (χ1n) is 4.27. The lowest BCUT2D eigenvalue weighted by molar-refractivity contribution is -0.136. The summed E-state index contributed by atoms with van der Waals surface area (Å²) in [6.07, 6.45) is 0.487. The Bertz CT molecular complexity index is 338. The van der Waals surface area contributed by atoms with E-state index in [1.54, 1.807) is 6.92 Å². The van der Waals surface area contributed by atoms with Gasteiger partial charge in [0.15, 0.2) is 0 Å².